The number of hydrogen-bond donors (Lipinski definition) is 1. The summed E-state index contributed by atoms with van der Waals surface area (Å²) >= 11 is 0. The summed E-state index contributed by atoms with van der Waals surface area (Å²) in [7, 11) is 0. The normalized spacial score (nSPS) is 10.7. The van der Waals surface area contributed by atoms with Gasteiger partial charge in [-0.2, -0.15) is 0 Å². The van der Waals surface area contributed by atoms with E-state index in [-0.39, 0.29) is 0 Å². The monoisotopic (exact) mass is 256 g/mol. The van der Waals surface area contributed by atoms with Crippen molar-refractivity contribution in [2.24, 2.45) is 0 Å². The summed E-state index contributed by atoms with van der Waals surface area (Å²) in [6.07, 6.45) is 5.57. The van der Waals surface area contributed by atoms with Gasteiger partial charge in [-0.3, -0.25) is 0 Å². The number of hydrogen-bond acceptors (Lipinski definition) is 1. The van der Waals surface area contributed by atoms with Crippen LogP contribution in [0.1, 0.15) is 35.6 Å². The standard InChI is InChI=1S/C17H24N2/c1-5-7-19-8-6-16(12-19)11-18-17-14(3)9-13(2)10-15(17)4/h6,8-10,12,18H,5,7,11H2,1-4H3. The van der Waals surface area contributed by atoms with Crippen molar-refractivity contribution in [2.45, 2.75) is 47.2 Å². The van der Waals surface area contributed by atoms with Gasteiger partial charge in [0.15, 0.2) is 0 Å². The molecule has 19 heavy (non-hydrogen) atoms. The van der Waals surface area contributed by atoms with Crippen molar-refractivity contribution < 1.29 is 0 Å². The van der Waals surface area contributed by atoms with Crippen molar-refractivity contribution in [2.75, 3.05) is 5.32 Å². The Bertz CT molecular complexity index is 529. The SMILES string of the molecule is CCCn1ccc(CNc2c(C)cc(C)cc2C)c1. The van der Waals surface area contributed by atoms with Crippen LogP contribution in [-0.4, -0.2) is 4.57 Å². The van der Waals surface area contributed by atoms with E-state index in [0.717, 1.165) is 13.1 Å². The van der Waals surface area contributed by atoms with Crippen LogP contribution in [0, 0.1) is 20.8 Å². The molecule has 1 heterocycles. The van der Waals surface area contributed by atoms with E-state index in [0.29, 0.717) is 0 Å². The zero-order valence-electron chi connectivity index (χ0n) is 12.5. The fourth-order valence-corrected chi connectivity index (χ4v) is 2.64. The molecule has 0 spiro atoms. The molecular weight excluding hydrogens is 232 g/mol. The number of aryl methyl sites for hydroxylation is 4. The highest BCUT2D eigenvalue weighted by Crippen LogP contribution is 2.22. The molecule has 1 aromatic carbocycles. The molecule has 0 fully saturated rings. The molecule has 2 rings (SSSR count). The number of nitrogens with one attached hydrogen (secondary N) is 1. The third-order valence-corrected chi connectivity index (χ3v) is 3.44. The third kappa shape index (κ3) is 3.40. The first-order chi connectivity index (χ1) is 9.10. The molecule has 0 bridgehead atoms. The van der Waals surface area contributed by atoms with Gasteiger partial charge in [-0.15, -0.1) is 0 Å². The number of nitrogens with zero attached hydrogens (tertiary/aromatic N) is 1. The highest BCUT2D eigenvalue weighted by Gasteiger charge is 2.04. The van der Waals surface area contributed by atoms with Gasteiger partial charge in [-0.1, -0.05) is 24.6 Å². The molecule has 1 N–H and O–H groups in total. The summed E-state index contributed by atoms with van der Waals surface area (Å²) in [5.74, 6) is 0. The molecule has 102 valence electrons. The van der Waals surface area contributed by atoms with Crippen molar-refractivity contribution in [3.05, 3.63) is 52.8 Å². The highest BCUT2D eigenvalue weighted by atomic mass is 14.9. The Morgan fingerprint density at radius 1 is 1.11 bits per heavy atom. The van der Waals surface area contributed by atoms with E-state index in [1.165, 1.54) is 34.4 Å². The van der Waals surface area contributed by atoms with Gasteiger partial charge in [0.1, 0.15) is 0 Å². The van der Waals surface area contributed by atoms with Gasteiger partial charge in [-0.25, -0.2) is 0 Å². The number of rotatable bonds is 5. The number of benzene rings is 1. The predicted molar refractivity (Wildman–Crippen MR) is 82.7 cm³/mol. The molecule has 0 aliphatic heterocycles. The lowest BCUT2D eigenvalue weighted by atomic mass is 10.1. The molecule has 0 amide bonds. The van der Waals surface area contributed by atoms with Crippen molar-refractivity contribution in [3.8, 4) is 0 Å². The van der Waals surface area contributed by atoms with Gasteiger partial charge < -0.3 is 9.88 Å². The first-order valence-electron chi connectivity index (χ1n) is 7.06. The minimum Gasteiger partial charge on any atom is -0.380 e. The number of aromatic nitrogens is 1. The minimum atomic E-state index is 0.890. The highest BCUT2D eigenvalue weighted by molar-refractivity contribution is 5.58. The second-order valence-corrected chi connectivity index (χ2v) is 5.38. The lowest BCUT2D eigenvalue weighted by molar-refractivity contribution is 0.681. The second-order valence-electron chi connectivity index (χ2n) is 5.38. The van der Waals surface area contributed by atoms with Gasteiger partial charge in [0.2, 0.25) is 0 Å². The molecule has 0 radical (unpaired) electrons. The second kappa shape index (κ2) is 5.96. The molecule has 0 atom stereocenters. The third-order valence-electron chi connectivity index (χ3n) is 3.44. The zero-order chi connectivity index (χ0) is 13.8. The maximum absolute atomic E-state index is 3.57. The average molecular weight is 256 g/mol. The molecule has 2 heteroatoms. The summed E-state index contributed by atoms with van der Waals surface area (Å²) in [6, 6.07) is 6.66. The molecular formula is C17H24N2. The molecule has 0 unspecified atom stereocenters. The smallest absolute Gasteiger partial charge is 0.0416 e. The van der Waals surface area contributed by atoms with Crippen LogP contribution in [0.3, 0.4) is 0 Å². The van der Waals surface area contributed by atoms with Crippen LogP contribution >= 0.6 is 0 Å². The number of anilines is 1. The summed E-state index contributed by atoms with van der Waals surface area (Å²) in [5, 5.41) is 3.57. The van der Waals surface area contributed by atoms with Crippen LogP contribution in [0.2, 0.25) is 0 Å². The van der Waals surface area contributed by atoms with E-state index >= 15 is 0 Å². The maximum atomic E-state index is 3.57. The first kappa shape index (κ1) is 13.7. The molecule has 1 aromatic heterocycles. The van der Waals surface area contributed by atoms with Gasteiger partial charge in [0.05, 0.1) is 0 Å². The van der Waals surface area contributed by atoms with Gasteiger partial charge in [0.25, 0.3) is 0 Å². The first-order valence-corrected chi connectivity index (χ1v) is 7.06. The minimum absolute atomic E-state index is 0.890. The van der Waals surface area contributed by atoms with Crippen LogP contribution in [0.5, 0.6) is 0 Å². The summed E-state index contributed by atoms with van der Waals surface area (Å²) in [4.78, 5) is 0. The molecule has 0 saturated heterocycles. The molecule has 0 saturated carbocycles. The van der Waals surface area contributed by atoms with E-state index in [9.17, 15) is 0 Å². The van der Waals surface area contributed by atoms with Crippen LogP contribution in [0.25, 0.3) is 0 Å². The quantitative estimate of drug-likeness (QED) is 0.837. The zero-order valence-corrected chi connectivity index (χ0v) is 12.5. The fourth-order valence-electron chi connectivity index (χ4n) is 2.64. The Labute approximate surface area is 116 Å². The van der Waals surface area contributed by atoms with Crippen LogP contribution < -0.4 is 5.32 Å². The van der Waals surface area contributed by atoms with E-state index in [1.807, 2.05) is 0 Å². The lowest BCUT2D eigenvalue weighted by Crippen LogP contribution is -2.03. The van der Waals surface area contributed by atoms with E-state index in [1.54, 1.807) is 0 Å². The van der Waals surface area contributed by atoms with Crippen LogP contribution in [0.15, 0.2) is 30.6 Å². The lowest BCUT2D eigenvalue weighted by Gasteiger charge is -2.13. The maximum Gasteiger partial charge on any atom is 0.0416 e. The van der Waals surface area contributed by atoms with E-state index < -0.39 is 0 Å². The molecule has 0 aliphatic carbocycles. The molecule has 2 aromatic rings. The van der Waals surface area contributed by atoms with Gasteiger partial charge in [-0.05, 0) is 49.9 Å². The van der Waals surface area contributed by atoms with Crippen molar-refractivity contribution in [1.82, 2.24) is 4.57 Å². The molecule has 0 aliphatic rings. The largest absolute Gasteiger partial charge is 0.380 e. The Morgan fingerprint density at radius 3 is 2.42 bits per heavy atom. The van der Waals surface area contributed by atoms with Gasteiger partial charge in [0, 0.05) is 31.2 Å². The predicted octanol–water partition coefficient (Wildman–Crippen LogP) is 4.44. The van der Waals surface area contributed by atoms with E-state index in [4.69, 9.17) is 0 Å². The summed E-state index contributed by atoms with van der Waals surface area (Å²) < 4.78 is 2.26. The van der Waals surface area contributed by atoms with Crippen LogP contribution in [0.4, 0.5) is 5.69 Å². The van der Waals surface area contributed by atoms with Crippen molar-refractivity contribution in [1.29, 1.82) is 0 Å². The molecule has 2 nitrogen and oxygen atoms in total. The Morgan fingerprint density at radius 2 is 1.79 bits per heavy atom. The van der Waals surface area contributed by atoms with Gasteiger partial charge >= 0.3 is 0 Å². The summed E-state index contributed by atoms with van der Waals surface area (Å²) in [5.41, 5.74) is 6.59. The summed E-state index contributed by atoms with van der Waals surface area (Å²) in [6.45, 7) is 10.7. The van der Waals surface area contributed by atoms with Crippen molar-refractivity contribution >= 4 is 5.69 Å². The topological polar surface area (TPSA) is 17.0 Å². The average Bonchev–Trinajstić information content (AvgIpc) is 2.76. The van der Waals surface area contributed by atoms with Crippen LogP contribution in [-0.2, 0) is 13.1 Å². The van der Waals surface area contributed by atoms with Crippen molar-refractivity contribution in [3.63, 3.8) is 0 Å². The van der Waals surface area contributed by atoms with E-state index in [2.05, 4.69) is 68.2 Å². The Balaban J connectivity index is 2.05. The Hall–Kier alpha value is -1.70. The Kier molecular flexibility index (Phi) is 4.31. The fraction of sp³-hybridized carbons (Fsp3) is 0.412.